The van der Waals surface area contributed by atoms with E-state index >= 15 is 0 Å². The Labute approximate surface area is 142 Å². The maximum atomic E-state index is 12.4. The van der Waals surface area contributed by atoms with E-state index in [2.05, 4.69) is 5.32 Å². The summed E-state index contributed by atoms with van der Waals surface area (Å²) in [7, 11) is 0. The van der Waals surface area contributed by atoms with Gasteiger partial charge in [0, 0.05) is 18.6 Å². The number of carbonyl (C=O) groups is 2. The molecule has 1 amide bonds. The molecule has 0 heterocycles. The molecular weight excluding hydrogens is 308 g/mol. The Morgan fingerprint density at radius 1 is 1.21 bits per heavy atom. The SMILES string of the molecule is CCN(C(=O)OCc1ccccc1)C1CCC(NCC(=O)O)CC1. The van der Waals surface area contributed by atoms with E-state index in [0.717, 1.165) is 31.2 Å². The number of amides is 1. The van der Waals surface area contributed by atoms with Crippen LogP contribution in [0.2, 0.25) is 0 Å². The third-order valence-corrected chi connectivity index (χ3v) is 4.46. The molecule has 24 heavy (non-hydrogen) atoms. The fourth-order valence-electron chi connectivity index (χ4n) is 3.16. The first kappa shape index (κ1) is 18.3. The number of aliphatic carboxylic acids is 1. The van der Waals surface area contributed by atoms with E-state index in [4.69, 9.17) is 9.84 Å². The van der Waals surface area contributed by atoms with E-state index in [0.29, 0.717) is 6.54 Å². The van der Waals surface area contributed by atoms with Crippen molar-refractivity contribution >= 4 is 12.1 Å². The van der Waals surface area contributed by atoms with E-state index in [-0.39, 0.29) is 31.3 Å². The van der Waals surface area contributed by atoms with Gasteiger partial charge in [0.1, 0.15) is 6.61 Å². The van der Waals surface area contributed by atoms with E-state index in [1.807, 2.05) is 37.3 Å². The summed E-state index contributed by atoms with van der Waals surface area (Å²) in [4.78, 5) is 24.7. The van der Waals surface area contributed by atoms with Gasteiger partial charge in [-0.25, -0.2) is 4.79 Å². The van der Waals surface area contributed by atoms with Crippen molar-refractivity contribution in [1.82, 2.24) is 10.2 Å². The average Bonchev–Trinajstić information content (AvgIpc) is 2.60. The molecule has 1 fully saturated rings. The molecule has 2 N–H and O–H groups in total. The Morgan fingerprint density at radius 3 is 2.46 bits per heavy atom. The quantitative estimate of drug-likeness (QED) is 0.801. The molecule has 0 unspecified atom stereocenters. The Kier molecular flexibility index (Phi) is 7.06. The van der Waals surface area contributed by atoms with E-state index in [1.165, 1.54) is 0 Å². The van der Waals surface area contributed by atoms with Gasteiger partial charge >= 0.3 is 12.1 Å². The second-order valence-electron chi connectivity index (χ2n) is 6.11. The molecule has 0 aliphatic heterocycles. The van der Waals surface area contributed by atoms with Crippen LogP contribution >= 0.6 is 0 Å². The highest BCUT2D eigenvalue weighted by atomic mass is 16.6. The molecule has 0 saturated heterocycles. The summed E-state index contributed by atoms with van der Waals surface area (Å²) in [5, 5.41) is 11.8. The summed E-state index contributed by atoms with van der Waals surface area (Å²) in [6, 6.07) is 10.0. The van der Waals surface area contributed by atoms with Crippen molar-refractivity contribution in [2.24, 2.45) is 0 Å². The lowest BCUT2D eigenvalue weighted by Crippen LogP contribution is -2.46. The van der Waals surface area contributed by atoms with Gasteiger partial charge in [-0.05, 0) is 38.2 Å². The minimum atomic E-state index is -0.836. The highest BCUT2D eigenvalue weighted by Crippen LogP contribution is 2.24. The van der Waals surface area contributed by atoms with Gasteiger partial charge in [0.2, 0.25) is 0 Å². The summed E-state index contributed by atoms with van der Waals surface area (Å²) in [5.74, 6) is -0.836. The number of hydrogen-bond donors (Lipinski definition) is 2. The van der Waals surface area contributed by atoms with Crippen molar-refractivity contribution in [3.63, 3.8) is 0 Å². The number of nitrogens with zero attached hydrogens (tertiary/aromatic N) is 1. The zero-order valence-corrected chi connectivity index (χ0v) is 14.1. The number of carboxylic acid groups (broad SMARTS) is 1. The zero-order valence-electron chi connectivity index (χ0n) is 14.1. The summed E-state index contributed by atoms with van der Waals surface area (Å²) in [6.45, 7) is 2.85. The average molecular weight is 334 g/mol. The smallest absolute Gasteiger partial charge is 0.410 e. The normalized spacial score (nSPS) is 20.4. The predicted molar refractivity (Wildman–Crippen MR) is 90.7 cm³/mol. The molecule has 0 spiro atoms. The van der Waals surface area contributed by atoms with Crippen molar-refractivity contribution < 1.29 is 19.4 Å². The number of hydrogen-bond acceptors (Lipinski definition) is 4. The lowest BCUT2D eigenvalue weighted by molar-refractivity contribution is -0.136. The lowest BCUT2D eigenvalue weighted by atomic mass is 9.90. The summed E-state index contributed by atoms with van der Waals surface area (Å²) < 4.78 is 5.43. The van der Waals surface area contributed by atoms with Gasteiger partial charge in [-0.1, -0.05) is 30.3 Å². The molecule has 0 aromatic heterocycles. The van der Waals surface area contributed by atoms with Crippen LogP contribution in [0.1, 0.15) is 38.2 Å². The molecule has 6 nitrogen and oxygen atoms in total. The number of ether oxygens (including phenoxy) is 1. The number of nitrogens with one attached hydrogen (secondary N) is 1. The van der Waals surface area contributed by atoms with Crippen molar-refractivity contribution in [2.45, 2.75) is 51.3 Å². The molecule has 6 heteroatoms. The van der Waals surface area contributed by atoms with Crippen LogP contribution in [-0.4, -0.2) is 47.2 Å². The van der Waals surface area contributed by atoms with Crippen molar-refractivity contribution in [2.75, 3.05) is 13.1 Å². The molecular formula is C18H26N2O4. The van der Waals surface area contributed by atoms with Gasteiger partial charge in [0.25, 0.3) is 0 Å². The van der Waals surface area contributed by atoms with Gasteiger partial charge in [-0.2, -0.15) is 0 Å². The molecule has 1 saturated carbocycles. The third-order valence-electron chi connectivity index (χ3n) is 4.46. The van der Waals surface area contributed by atoms with Crippen LogP contribution in [0.15, 0.2) is 30.3 Å². The molecule has 0 bridgehead atoms. The first-order chi connectivity index (χ1) is 11.6. The van der Waals surface area contributed by atoms with E-state index in [9.17, 15) is 9.59 Å². The van der Waals surface area contributed by atoms with Gasteiger partial charge in [-0.15, -0.1) is 0 Å². The molecule has 0 radical (unpaired) electrons. The molecule has 0 atom stereocenters. The largest absolute Gasteiger partial charge is 0.480 e. The summed E-state index contributed by atoms with van der Waals surface area (Å²) >= 11 is 0. The van der Waals surface area contributed by atoms with Crippen LogP contribution in [0, 0.1) is 0 Å². The second kappa shape index (κ2) is 9.27. The fourth-order valence-corrected chi connectivity index (χ4v) is 3.16. The fraction of sp³-hybridized carbons (Fsp3) is 0.556. The van der Waals surface area contributed by atoms with Crippen LogP contribution in [0.4, 0.5) is 4.79 Å². The van der Waals surface area contributed by atoms with Crippen molar-refractivity contribution in [1.29, 1.82) is 0 Å². The minimum absolute atomic E-state index is 0.00799. The van der Waals surface area contributed by atoms with Gasteiger partial charge < -0.3 is 20.1 Å². The lowest BCUT2D eigenvalue weighted by Gasteiger charge is -2.35. The van der Waals surface area contributed by atoms with E-state index in [1.54, 1.807) is 4.90 Å². The monoisotopic (exact) mass is 334 g/mol. The molecule has 132 valence electrons. The molecule has 2 rings (SSSR count). The maximum Gasteiger partial charge on any atom is 0.410 e. The molecule has 1 aromatic carbocycles. The first-order valence-corrected chi connectivity index (χ1v) is 8.52. The van der Waals surface area contributed by atoms with Crippen LogP contribution < -0.4 is 5.32 Å². The minimum Gasteiger partial charge on any atom is -0.480 e. The topological polar surface area (TPSA) is 78.9 Å². The second-order valence-corrected chi connectivity index (χ2v) is 6.11. The summed E-state index contributed by atoms with van der Waals surface area (Å²) in [6.07, 6.45) is 3.21. The highest BCUT2D eigenvalue weighted by molar-refractivity contribution is 5.69. The van der Waals surface area contributed by atoms with Crippen molar-refractivity contribution in [3.8, 4) is 0 Å². The molecule has 1 aliphatic rings. The highest BCUT2D eigenvalue weighted by Gasteiger charge is 2.28. The van der Waals surface area contributed by atoms with Crippen LogP contribution in [-0.2, 0) is 16.1 Å². The number of carbonyl (C=O) groups excluding carboxylic acids is 1. The van der Waals surface area contributed by atoms with Crippen LogP contribution in [0.25, 0.3) is 0 Å². The Balaban J connectivity index is 1.78. The standard InChI is InChI=1S/C18H26N2O4/c1-2-20(18(23)24-13-14-6-4-3-5-7-14)16-10-8-15(9-11-16)19-12-17(21)22/h3-7,15-16,19H,2,8-13H2,1H3,(H,21,22). The van der Waals surface area contributed by atoms with Gasteiger partial charge in [-0.3, -0.25) is 4.79 Å². The first-order valence-electron chi connectivity index (χ1n) is 8.52. The van der Waals surface area contributed by atoms with Crippen LogP contribution in [0.3, 0.4) is 0 Å². The Bertz CT molecular complexity index is 527. The zero-order chi connectivity index (χ0) is 17.4. The molecule has 1 aromatic rings. The molecule has 1 aliphatic carbocycles. The number of carboxylic acids is 1. The van der Waals surface area contributed by atoms with Crippen LogP contribution in [0.5, 0.6) is 0 Å². The maximum absolute atomic E-state index is 12.4. The Morgan fingerprint density at radius 2 is 1.88 bits per heavy atom. The van der Waals surface area contributed by atoms with Crippen molar-refractivity contribution in [3.05, 3.63) is 35.9 Å². The van der Waals surface area contributed by atoms with E-state index < -0.39 is 5.97 Å². The number of benzene rings is 1. The van der Waals surface area contributed by atoms with Gasteiger partial charge in [0.15, 0.2) is 0 Å². The number of rotatable bonds is 7. The third kappa shape index (κ3) is 5.53. The van der Waals surface area contributed by atoms with Gasteiger partial charge in [0.05, 0.1) is 6.54 Å². The Hall–Kier alpha value is -2.08. The predicted octanol–water partition coefficient (Wildman–Crippen LogP) is 2.63. The summed E-state index contributed by atoms with van der Waals surface area (Å²) in [5.41, 5.74) is 0.975.